The lowest BCUT2D eigenvalue weighted by Gasteiger charge is -2.13. The molecule has 0 radical (unpaired) electrons. The van der Waals surface area contributed by atoms with Gasteiger partial charge < -0.3 is 5.11 Å². The number of unbranched alkanes of at least 4 members (excludes halogenated alkanes) is 1. The van der Waals surface area contributed by atoms with E-state index in [1.165, 1.54) is 12.8 Å². The van der Waals surface area contributed by atoms with Crippen LogP contribution in [0.3, 0.4) is 0 Å². The van der Waals surface area contributed by atoms with Gasteiger partial charge in [0.1, 0.15) is 0 Å². The Bertz CT molecular complexity index is 132. The maximum atomic E-state index is 10.5. The van der Waals surface area contributed by atoms with Gasteiger partial charge in [0.15, 0.2) is 0 Å². The summed E-state index contributed by atoms with van der Waals surface area (Å²) in [5.41, 5.74) is 0. The van der Waals surface area contributed by atoms with E-state index in [1.807, 2.05) is 0 Å². The van der Waals surface area contributed by atoms with E-state index in [-0.39, 0.29) is 5.92 Å². The highest BCUT2D eigenvalue weighted by Crippen LogP contribution is 2.17. The van der Waals surface area contributed by atoms with Crippen LogP contribution in [0, 0.1) is 11.8 Å². The summed E-state index contributed by atoms with van der Waals surface area (Å²) >= 11 is 0. The lowest BCUT2D eigenvalue weighted by molar-refractivity contribution is -0.141. The molecule has 0 saturated heterocycles. The highest BCUT2D eigenvalue weighted by Gasteiger charge is 2.14. The molecule has 0 aliphatic carbocycles. The molecule has 0 aromatic heterocycles. The quantitative estimate of drug-likeness (QED) is 0.668. The van der Waals surface area contributed by atoms with Gasteiger partial charge in [0.2, 0.25) is 0 Å². The Hall–Kier alpha value is -0.530. The number of hydrogen-bond acceptors (Lipinski definition) is 1. The predicted molar refractivity (Wildman–Crippen MR) is 50.1 cm³/mol. The molecule has 0 aromatic carbocycles. The molecule has 2 atom stereocenters. The average Bonchev–Trinajstić information content (AvgIpc) is 2.00. The summed E-state index contributed by atoms with van der Waals surface area (Å²) < 4.78 is 0. The van der Waals surface area contributed by atoms with Crippen LogP contribution in [0.25, 0.3) is 0 Å². The Morgan fingerprint density at radius 1 is 1.42 bits per heavy atom. The minimum absolute atomic E-state index is 0.183. The summed E-state index contributed by atoms with van der Waals surface area (Å²) in [6.07, 6.45) is 4.39. The minimum atomic E-state index is -0.668. The molecule has 1 N–H and O–H groups in total. The molecule has 0 spiro atoms. The molecule has 0 aliphatic rings. The fourth-order valence-electron chi connectivity index (χ4n) is 1.37. The second kappa shape index (κ2) is 6.04. The van der Waals surface area contributed by atoms with Crippen molar-refractivity contribution in [1.29, 1.82) is 0 Å². The Labute approximate surface area is 75.0 Å². The predicted octanol–water partition coefficient (Wildman–Crippen LogP) is 2.92. The van der Waals surface area contributed by atoms with E-state index in [4.69, 9.17) is 5.11 Å². The highest BCUT2D eigenvalue weighted by molar-refractivity contribution is 5.69. The molecular formula is C10H20O2. The van der Waals surface area contributed by atoms with Crippen LogP contribution in [0.1, 0.15) is 46.5 Å². The molecule has 72 valence electrons. The molecule has 0 rings (SSSR count). The molecule has 0 saturated carbocycles. The van der Waals surface area contributed by atoms with E-state index in [0.29, 0.717) is 5.92 Å². The topological polar surface area (TPSA) is 37.3 Å². The van der Waals surface area contributed by atoms with E-state index in [1.54, 1.807) is 6.92 Å². The zero-order valence-electron chi connectivity index (χ0n) is 8.34. The summed E-state index contributed by atoms with van der Waals surface area (Å²) in [6, 6.07) is 0. The number of carboxylic acid groups (broad SMARTS) is 1. The van der Waals surface area contributed by atoms with Gasteiger partial charge in [-0.05, 0) is 12.3 Å². The van der Waals surface area contributed by atoms with Crippen LogP contribution in [0.2, 0.25) is 0 Å². The van der Waals surface area contributed by atoms with Crippen LogP contribution in [0.15, 0.2) is 0 Å². The third kappa shape index (κ3) is 5.16. The normalized spacial score (nSPS) is 15.6. The van der Waals surface area contributed by atoms with Crippen molar-refractivity contribution in [3.63, 3.8) is 0 Å². The van der Waals surface area contributed by atoms with E-state index >= 15 is 0 Å². The van der Waals surface area contributed by atoms with Crippen molar-refractivity contribution in [2.45, 2.75) is 46.5 Å². The summed E-state index contributed by atoms with van der Waals surface area (Å²) in [7, 11) is 0. The number of carbonyl (C=O) groups is 1. The fraction of sp³-hybridized carbons (Fsp3) is 0.900. The van der Waals surface area contributed by atoms with Crippen molar-refractivity contribution < 1.29 is 9.90 Å². The summed E-state index contributed by atoms with van der Waals surface area (Å²) in [5, 5.41) is 8.66. The smallest absolute Gasteiger partial charge is 0.306 e. The average molecular weight is 172 g/mol. The van der Waals surface area contributed by atoms with Gasteiger partial charge in [0, 0.05) is 0 Å². The first-order chi connectivity index (χ1) is 5.57. The molecule has 2 unspecified atom stereocenters. The van der Waals surface area contributed by atoms with E-state index in [2.05, 4.69) is 13.8 Å². The maximum absolute atomic E-state index is 10.5. The monoisotopic (exact) mass is 172 g/mol. The fourth-order valence-corrected chi connectivity index (χ4v) is 1.37. The lowest BCUT2D eigenvalue weighted by Crippen LogP contribution is -2.13. The third-order valence-corrected chi connectivity index (χ3v) is 2.23. The van der Waals surface area contributed by atoms with Gasteiger partial charge in [0.25, 0.3) is 0 Å². The number of hydrogen-bond donors (Lipinski definition) is 1. The van der Waals surface area contributed by atoms with Crippen molar-refractivity contribution >= 4 is 5.97 Å². The second-order valence-corrected chi connectivity index (χ2v) is 3.72. The SMILES string of the molecule is CCCCC(C)CC(C)C(=O)O. The Morgan fingerprint density at radius 3 is 2.42 bits per heavy atom. The highest BCUT2D eigenvalue weighted by atomic mass is 16.4. The molecule has 0 aliphatic heterocycles. The zero-order chi connectivity index (χ0) is 9.56. The van der Waals surface area contributed by atoms with E-state index in [0.717, 1.165) is 12.8 Å². The number of aliphatic carboxylic acids is 1. The first-order valence-corrected chi connectivity index (χ1v) is 4.80. The van der Waals surface area contributed by atoms with Crippen molar-refractivity contribution in [1.82, 2.24) is 0 Å². The summed E-state index contributed by atoms with van der Waals surface area (Å²) in [5.74, 6) is -0.300. The van der Waals surface area contributed by atoms with Crippen LogP contribution in [-0.2, 0) is 4.79 Å². The molecule has 2 nitrogen and oxygen atoms in total. The Morgan fingerprint density at radius 2 is 2.00 bits per heavy atom. The number of rotatable bonds is 6. The van der Waals surface area contributed by atoms with Crippen LogP contribution in [-0.4, -0.2) is 11.1 Å². The van der Waals surface area contributed by atoms with Crippen LogP contribution >= 0.6 is 0 Å². The van der Waals surface area contributed by atoms with Gasteiger partial charge in [0.05, 0.1) is 5.92 Å². The first-order valence-electron chi connectivity index (χ1n) is 4.80. The summed E-state index contributed by atoms with van der Waals surface area (Å²) in [4.78, 5) is 10.5. The van der Waals surface area contributed by atoms with Gasteiger partial charge in [-0.25, -0.2) is 0 Å². The largest absolute Gasteiger partial charge is 0.481 e. The molecule has 0 heterocycles. The molecule has 0 amide bonds. The van der Waals surface area contributed by atoms with Gasteiger partial charge in [-0.2, -0.15) is 0 Å². The van der Waals surface area contributed by atoms with Crippen LogP contribution < -0.4 is 0 Å². The first kappa shape index (κ1) is 11.5. The second-order valence-electron chi connectivity index (χ2n) is 3.72. The molecular weight excluding hydrogens is 152 g/mol. The van der Waals surface area contributed by atoms with E-state index in [9.17, 15) is 4.79 Å². The number of carboxylic acids is 1. The van der Waals surface area contributed by atoms with Gasteiger partial charge >= 0.3 is 5.97 Å². The standard InChI is InChI=1S/C10H20O2/c1-4-5-6-8(2)7-9(3)10(11)12/h8-9H,4-7H2,1-3H3,(H,11,12). The molecule has 12 heavy (non-hydrogen) atoms. The van der Waals surface area contributed by atoms with Gasteiger partial charge in [-0.1, -0.05) is 40.0 Å². The molecule has 0 aromatic rings. The molecule has 2 heteroatoms. The Kier molecular flexibility index (Phi) is 5.77. The Balaban J connectivity index is 3.53. The van der Waals surface area contributed by atoms with Crippen molar-refractivity contribution in [3.8, 4) is 0 Å². The molecule has 0 bridgehead atoms. The van der Waals surface area contributed by atoms with Crippen molar-refractivity contribution in [2.24, 2.45) is 11.8 Å². The molecule has 0 fully saturated rings. The summed E-state index contributed by atoms with van der Waals surface area (Å²) in [6.45, 7) is 6.08. The third-order valence-electron chi connectivity index (χ3n) is 2.23. The zero-order valence-corrected chi connectivity index (χ0v) is 8.34. The van der Waals surface area contributed by atoms with Crippen LogP contribution in [0.5, 0.6) is 0 Å². The minimum Gasteiger partial charge on any atom is -0.481 e. The van der Waals surface area contributed by atoms with Gasteiger partial charge in [-0.15, -0.1) is 0 Å². The maximum Gasteiger partial charge on any atom is 0.306 e. The van der Waals surface area contributed by atoms with Gasteiger partial charge in [-0.3, -0.25) is 4.79 Å². The van der Waals surface area contributed by atoms with Crippen molar-refractivity contribution in [3.05, 3.63) is 0 Å². The lowest BCUT2D eigenvalue weighted by atomic mass is 9.93. The van der Waals surface area contributed by atoms with E-state index < -0.39 is 5.97 Å². The van der Waals surface area contributed by atoms with Crippen LogP contribution in [0.4, 0.5) is 0 Å². The van der Waals surface area contributed by atoms with Crippen molar-refractivity contribution in [2.75, 3.05) is 0 Å².